The van der Waals surface area contributed by atoms with Gasteiger partial charge < -0.3 is 9.57 Å². The highest BCUT2D eigenvalue weighted by molar-refractivity contribution is 7.90. The van der Waals surface area contributed by atoms with Crippen molar-refractivity contribution in [1.82, 2.24) is 4.58 Å². The molecule has 0 aromatic heterocycles. The van der Waals surface area contributed by atoms with Crippen molar-refractivity contribution in [3.8, 4) is 0 Å². The Labute approximate surface area is 146 Å². The van der Waals surface area contributed by atoms with E-state index < -0.39 is 21.8 Å². The van der Waals surface area contributed by atoms with Crippen LogP contribution in [0.4, 0.5) is 0 Å². The summed E-state index contributed by atoms with van der Waals surface area (Å²) in [5.41, 5.74) is 0.0730. The third-order valence-corrected chi connectivity index (χ3v) is 5.80. The van der Waals surface area contributed by atoms with E-state index >= 15 is 0 Å². The number of rotatable bonds is 5. The summed E-state index contributed by atoms with van der Waals surface area (Å²) in [7, 11) is -2.14. The second kappa shape index (κ2) is 5.84. The van der Waals surface area contributed by atoms with Gasteiger partial charge in [0.1, 0.15) is 5.76 Å². The molecule has 1 unspecified atom stereocenters. The van der Waals surface area contributed by atoms with E-state index in [1.807, 2.05) is 6.92 Å². The number of benzene rings is 1. The zero-order valence-electron chi connectivity index (χ0n) is 13.6. The Bertz CT molecular complexity index is 829. The van der Waals surface area contributed by atoms with E-state index in [1.165, 1.54) is 19.2 Å². The third-order valence-electron chi connectivity index (χ3n) is 4.40. The number of ether oxygens (including phenoxy) is 1. The van der Waals surface area contributed by atoms with Gasteiger partial charge in [-0.15, -0.1) is 0 Å². The summed E-state index contributed by atoms with van der Waals surface area (Å²) in [6.07, 6.45) is 1.92. The molecule has 0 amide bonds. The fourth-order valence-corrected chi connectivity index (χ4v) is 3.92. The Morgan fingerprint density at radius 1 is 1.38 bits per heavy atom. The van der Waals surface area contributed by atoms with Crippen LogP contribution >= 0.6 is 11.8 Å². The molecule has 1 aliphatic heterocycles. The van der Waals surface area contributed by atoms with Crippen LogP contribution in [0.2, 0.25) is 0 Å². The van der Waals surface area contributed by atoms with Gasteiger partial charge in [-0.2, -0.15) is 0 Å². The molecule has 1 heterocycles. The number of hydrogen-bond acceptors (Lipinski definition) is 6. The topological polar surface area (TPSA) is 72.9 Å². The van der Waals surface area contributed by atoms with Crippen LogP contribution in [0.25, 0.3) is 0 Å². The number of ketones is 1. The van der Waals surface area contributed by atoms with Gasteiger partial charge in [0.2, 0.25) is 0 Å². The number of hydroxylamine groups is 1. The summed E-state index contributed by atoms with van der Waals surface area (Å²) >= 11 is 6.04. The molecule has 24 heavy (non-hydrogen) atoms. The highest BCUT2D eigenvalue weighted by atomic mass is 35.5. The molecule has 0 saturated heterocycles. The molecule has 8 heteroatoms. The summed E-state index contributed by atoms with van der Waals surface area (Å²) in [5, 5.41) is 0. The van der Waals surface area contributed by atoms with Gasteiger partial charge in [-0.05, 0) is 29.6 Å². The minimum atomic E-state index is -3.55. The van der Waals surface area contributed by atoms with Crippen molar-refractivity contribution in [3.05, 3.63) is 41.2 Å². The molecule has 1 fully saturated rings. The molecule has 130 valence electrons. The molecule has 6 nitrogen and oxygen atoms in total. The van der Waals surface area contributed by atoms with Crippen molar-refractivity contribution >= 4 is 27.4 Å². The van der Waals surface area contributed by atoms with Crippen molar-refractivity contribution in [1.29, 1.82) is 0 Å². The first-order chi connectivity index (χ1) is 11.2. The smallest absolute Gasteiger partial charge is 0.198 e. The van der Waals surface area contributed by atoms with Crippen LogP contribution in [0.1, 0.15) is 30.1 Å². The van der Waals surface area contributed by atoms with Gasteiger partial charge in [-0.3, -0.25) is 4.79 Å². The maximum atomic E-state index is 13.1. The second-order valence-corrected chi connectivity index (χ2v) is 8.67. The van der Waals surface area contributed by atoms with Crippen LogP contribution in [0.3, 0.4) is 0 Å². The number of carbonyl (C=O) groups is 1. The predicted octanol–water partition coefficient (Wildman–Crippen LogP) is 2.70. The number of methoxy groups -OCH3 is 1. The number of Topliss-reactive ketones (excluding diaryl/α,β-unsaturated/α-hetero) is 1. The Balaban J connectivity index is 2.15. The summed E-state index contributed by atoms with van der Waals surface area (Å²) in [6, 6.07) is 6.11. The Kier molecular flexibility index (Phi) is 4.24. The van der Waals surface area contributed by atoms with E-state index in [1.54, 1.807) is 12.1 Å². The standard InChI is InChI=1S/C16H18ClNO5S/c1-16(8-9-16)14-12(15(22-2)18(17)23-14)13(19)10-6-4-5-7-11(10)24(3,20)21/h4-7,15H,8-9H2,1-3H3. The number of allylic oxidation sites excluding steroid dienone is 1. The lowest BCUT2D eigenvalue weighted by molar-refractivity contribution is -0.116. The lowest BCUT2D eigenvalue weighted by Gasteiger charge is -2.15. The quantitative estimate of drug-likeness (QED) is 0.585. The Morgan fingerprint density at radius 3 is 2.54 bits per heavy atom. The summed E-state index contributed by atoms with van der Waals surface area (Å²) in [6.45, 7) is 1.97. The summed E-state index contributed by atoms with van der Waals surface area (Å²) in [5.74, 6) is 0.00630. The minimum Gasteiger partial charge on any atom is -0.391 e. The average molecular weight is 372 g/mol. The number of nitrogens with zero attached hydrogens (tertiary/aromatic N) is 1. The van der Waals surface area contributed by atoms with Gasteiger partial charge in [0.05, 0.1) is 10.5 Å². The molecule has 1 aliphatic carbocycles. The summed E-state index contributed by atoms with van der Waals surface area (Å²) < 4.78 is 30.3. The molecule has 0 bridgehead atoms. The molecule has 1 saturated carbocycles. The molecule has 1 atom stereocenters. The molecule has 0 radical (unpaired) electrons. The number of sulfone groups is 1. The fourth-order valence-electron chi connectivity index (χ4n) is 2.79. The number of halogens is 1. The maximum Gasteiger partial charge on any atom is 0.198 e. The lowest BCUT2D eigenvalue weighted by atomic mass is 9.95. The van der Waals surface area contributed by atoms with Crippen LogP contribution < -0.4 is 0 Å². The Hall–Kier alpha value is -1.41. The van der Waals surface area contributed by atoms with Crippen molar-refractivity contribution in [2.75, 3.05) is 13.4 Å². The monoisotopic (exact) mass is 371 g/mol. The van der Waals surface area contributed by atoms with Crippen molar-refractivity contribution in [3.63, 3.8) is 0 Å². The van der Waals surface area contributed by atoms with Gasteiger partial charge in [0.15, 0.2) is 21.8 Å². The van der Waals surface area contributed by atoms with Crippen LogP contribution in [-0.2, 0) is 19.4 Å². The van der Waals surface area contributed by atoms with Crippen molar-refractivity contribution in [2.45, 2.75) is 30.9 Å². The molecular formula is C16H18ClNO5S. The second-order valence-electron chi connectivity index (χ2n) is 6.35. The number of carbonyl (C=O) groups excluding carboxylic acids is 1. The van der Waals surface area contributed by atoms with Gasteiger partial charge in [-0.25, -0.2) is 8.42 Å². The van der Waals surface area contributed by atoms with Gasteiger partial charge >= 0.3 is 0 Å². The third kappa shape index (κ3) is 2.86. The predicted molar refractivity (Wildman–Crippen MR) is 87.8 cm³/mol. The largest absolute Gasteiger partial charge is 0.391 e. The number of hydrogen-bond donors (Lipinski definition) is 0. The average Bonchev–Trinajstić information content (AvgIpc) is 3.18. The first-order valence-corrected chi connectivity index (χ1v) is 9.66. The van der Waals surface area contributed by atoms with Crippen molar-refractivity contribution in [2.24, 2.45) is 5.41 Å². The first-order valence-electron chi connectivity index (χ1n) is 7.43. The van der Waals surface area contributed by atoms with E-state index in [0.29, 0.717) is 5.76 Å². The van der Waals surface area contributed by atoms with E-state index in [2.05, 4.69) is 0 Å². The molecule has 1 aromatic rings. The van der Waals surface area contributed by atoms with Gasteiger partial charge in [0.25, 0.3) is 0 Å². The lowest BCUT2D eigenvalue weighted by Crippen LogP contribution is -2.28. The highest BCUT2D eigenvalue weighted by Crippen LogP contribution is 2.56. The molecule has 0 spiro atoms. The van der Waals surface area contributed by atoms with Crippen LogP contribution in [0.15, 0.2) is 40.5 Å². The van der Waals surface area contributed by atoms with E-state index in [9.17, 15) is 13.2 Å². The van der Waals surface area contributed by atoms with Gasteiger partial charge in [-0.1, -0.05) is 19.1 Å². The maximum absolute atomic E-state index is 13.1. The van der Waals surface area contributed by atoms with Crippen LogP contribution in [0, 0.1) is 5.41 Å². The molecule has 3 rings (SSSR count). The Morgan fingerprint density at radius 2 is 2.00 bits per heavy atom. The normalized spacial score (nSPS) is 23.2. The first kappa shape index (κ1) is 17.4. The molecule has 1 aromatic carbocycles. The van der Waals surface area contributed by atoms with Crippen molar-refractivity contribution < 1.29 is 22.8 Å². The minimum absolute atomic E-state index is 0.0225. The van der Waals surface area contributed by atoms with E-state index in [0.717, 1.165) is 23.7 Å². The van der Waals surface area contributed by atoms with Crippen LogP contribution in [0.5, 0.6) is 0 Å². The van der Waals surface area contributed by atoms with E-state index in [-0.39, 0.29) is 21.4 Å². The molecule has 2 aliphatic rings. The zero-order valence-corrected chi connectivity index (χ0v) is 15.1. The summed E-state index contributed by atoms with van der Waals surface area (Å²) in [4.78, 5) is 18.7. The molecular weight excluding hydrogens is 354 g/mol. The molecule has 0 N–H and O–H groups in total. The van der Waals surface area contributed by atoms with Gasteiger partial charge in [0, 0.05) is 36.1 Å². The van der Waals surface area contributed by atoms with Crippen LogP contribution in [-0.4, -0.2) is 38.4 Å². The van der Waals surface area contributed by atoms with E-state index in [4.69, 9.17) is 21.4 Å². The highest BCUT2D eigenvalue weighted by Gasteiger charge is 2.52. The zero-order chi connectivity index (χ0) is 17.7. The SMILES string of the molecule is COC1C(C(=O)c2ccccc2S(C)(=O)=O)=C(C2(C)CC2)ON1Cl. The fraction of sp³-hybridized carbons (Fsp3) is 0.438.